The summed E-state index contributed by atoms with van der Waals surface area (Å²) in [5.41, 5.74) is 2.31. The molecule has 18 heavy (non-hydrogen) atoms. The highest BCUT2D eigenvalue weighted by molar-refractivity contribution is 5.86. The maximum Gasteiger partial charge on any atom is 0.0553 e. The van der Waals surface area contributed by atoms with Crippen molar-refractivity contribution in [1.29, 1.82) is 0 Å². The summed E-state index contributed by atoms with van der Waals surface area (Å²) in [7, 11) is 2.05. The zero-order valence-corrected chi connectivity index (χ0v) is 12.3. The lowest BCUT2D eigenvalue weighted by atomic mass is 10.2. The van der Waals surface area contributed by atoms with E-state index in [0.29, 0.717) is 0 Å². The van der Waals surface area contributed by atoms with Crippen LogP contribution in [-0.4, -0.2) is 17.0 Å². The first-order valence-corrected chi connectivity index (χ1v) is 4.86. The van der Waals surface area contributed by atoms with Gasteiger partial charge in [0.05, 0.1) is 11.9 Å². The fourth-order valence-corrected chi connectivity index (χ4v) is 1.44. The number of hydrogen-bond acceptors (Lipinski definition) is 3. The monoisotopic (exact) mass is 307 g/mol. The van der Waals surface area contributed by atoms with Crippen LogP contribution in [0.25, 0.3) is 0 Å². The molecule has 2 rings (SSSR count). The number of pyridine rings is 2. The minimum Gasteiger partial charge on any atom is -0.369 e. The van der Waals surface area contributed by atoms with Gasteiger partial charge in [-0.2, -0.15) is 0 Å². The molecular weight excluding hydrogens is 293 g/mol. The SMILES string of the molecule is CN(Cc1cccnc1)c1cccnc1.Cl.Cl.Cl. The third-order valence-electron chi connectivity index (χ3n) is 2.23. The van der Waals surface area contributed by atoms with Crippen molar-refractivity contribution in [1.82, 2.24) is 9.97 Å². The molecule has 0 aliphatic carbocycles. The second-order valence-corrected chi connectivity index (χ2v) is 3.43. The largest absolute Gasteiger partial charge is 0.369 e. The molecular formula is C12H16Cl3N3. The Morgan fingerprint density at radius 1 is 0.944 bits per heavy atom. The van der Waals surface area contributed by atoms with Crippen LogP contribution in [0.4, 0.5) is 5.69 Å². The molecule has 0 amide bonds. The Bertz CT molecular complexity index is 411. The smallest absolute Gasteiger partial charge is 0.0553 e. The molecule has 2 heterocycles. The zero-order chi connectivity index (χ0) is 10.5. The van der Waals surface area contributed by atoms with Crippen molar-refractivity contribution in [3.63, 3.8) is 0 Å². The molecule has 0 unspecified atom stereocenters. The molecule has 3 nitrogen and oxygen atoms in total. The van der Waals surface area contributed by atoms with Crippen LogP contribution in [0.15, 0.2) is 49.1 Å². The fourth-order valence-electron chi connectivity index (χ4n) is 1.44. The number of rotatable bonds is 3. The number of halogens is 3. The molecule has 0 saturated heterocycles. The highest BCUT2D eigenvalue weighted by Gasteiger charge is 2.00. The first kappa shape index (κ1) is 19.3. The van der Waals surface area contributed by atoms with Gasteiger partial charge in [0.1, 0.15) is 0 Å². The molecule has 100 valence electrons. The molecule has 0 N–H and O–H groups in total. The molecule has 0 fully saturated rings. The average Bonchev–Trinajstić information content (AvgIpc) is 2.31. The van der Waals surface area contributed by atoms with Gasteiger partial charge in [-0.3, -0.25) is 9.97 Å². The minimum atomic E-state index is 0. The van der Waals surface area contributed by atoms with E-state index < -0.39 is 0 Å². The van der Waals surface area contributed by atoms with Gasteiger partial charge in [0, 0.05) is 32.2 Å². The summed E-state index contributed by atoms with van der Waals surface area (Å²) in [6.07, 6.45) is 7.30. The van der Waals surface area contributed by atoms with E-state index in [1.54, 1.807) is 12.4 Å². The maximum absolute atomic E-state index is 4.09. The van der Waals surface area contributed by atoms with Crippen LogP contribution >= 0.6 is 37.2 Å². The van der Waals surface area contributed by atoms with E-state index in [0.717, 1.165) is 12.2 Å². The normalized spacial score (nSPS) is 8.28. The molecule has 0 aromatic carbocycles. The Morgan fingerprint density at radius 2 is 1.56 bits per heavy atom. The Balaban J connectivity index is 0. The topological polar surface area (TPSA) is 29.0 Å². The molecule has 0 atom stereocenters. The van der Waals surface area contributed by atoms with E-state index in [1.807, 2.05) is 37.6 Å². The van der Waals surface area contributed by atoms with Crippen molar-refractivity contribution in [2.45, 2.75) is 6.54 Å². The van der Waals surface area contributed by atoms with Crippen molar-refractivity contribution in [2.24, 2.45) is 0 Å². The fraction of sp³-hybridized carbons (Fsp3) is 0.167. The molecule has 0 aliphatic rings. The molecule has 2 aromatic rings. The summed E-state index contributed by atoms with van der Waals surface area (Å²) in [4.78, 5) is 10.3. The molecule has 0 saturated carbocycles. The van der Waals surface area contributed by atoms with Gasteiger partial charge in [0.25, 0.3) is 0 Å². The van der Waals surface area contributed by atoms with E-state index >= 15 is 0 Å². The summed E-state index contributed by atoms with van der Waals surface area (Å²) in [6.45, 7) is 0.847. The summed E-state index contributed by atoms with van der Waals surface area (Å²) >= 11 is 0. The minimum absolute atomic E-state index is 0. The Morgan fingerprint density at radius 3 is 2.06 bits per heavy atom. The Labute approximate surface area is 126 Å². The van der Waals surface area contributed by atoms with Gasteiger partial charge in [-0.25, -0.2) is 0 Å². The highest BCUT2D eigenvalue weighted by atomic mass is 35.5. The molecule has 0 aliphatic heterocycles. The van der Waals surface area contributed by atoms with Crippen molar-refractivity contribution in [2.75, 3.05) is 11.9 Å². The third-order valence-corrected chi connectivity index (χ3v) is 2.23. The number of anilines is 1. The van der Waals surface area contributed by atoms with Gasteiger partial charge >= 0.3 is 0 Å². The standard InChI is InChI=1S/C12H13N3.3ClH/c1-15(12-5-3-7-14-9-12)10-11-4-2-6-13-8-11;;;/h2-9H,10H2,1H3;3*1H. The van der Waals surface area contributed by atoms with Crippen LogP contribution in [0.2, 0.25) is 0 Å². The first-order chi connectivity index (χ1) is 7.36. The molecule has 6 heteroatoms. The predicted octanol–water partition coefficient (Wildman–Crippen LogP) is 3.38. The van der Waals surface area contributed by atoms with E-state index in [2.05, 4.69) is 20.9 Å². The molecule has 0 bridgehead atoms. The lowest BCUT2D eigenvalue weighted by Gasteiger charge is -2.18. The van der Waals surface area contributed by atoms with Crippen LogP contribution < -0.4 is 4.90 Å². The van der Waals surface area contributed by atoms with Crippen LogP contribution in [0.5, 0.6) is 0 Å². The van der Waals surface area contributed by atoms with E-state index in [4.69, 9.17) is 0 Å². The second kappa shape index (κ2) is 9.95. The van der Waals surface area contributed by atoms with Crippen molar-refractivity contribution in [3.8, 4) is 0 Å². The molecule has 2 aromatic heterocycles. The van der Waals surface area contributed by atoms with Gasteiger partial charge in [0.15, 0.2) is 0 Å². The third kappa shape index (κ3) is 5.54. The summed E-state index contributed by atoms with van der Waals surface area (Å²) in [5, 5.41) is 0. The predicted molar refractivity (Wildman–Crippen MR) is 82.3 cm³/mol. The van der Waals surface area contributed by atoms with Crippen molar-refractivity contribution >= 4 is 42.9 Å². The molecule has 0 radical (unpaired) electrons. The first-order valence-electron chi connectivity index (χ1n) is 4.86. The van der Waals surface area contributed by atoms with Gasteiger partial charge in [-0.05, 0) is 23.8 Å². The highest BCUT2D eigenvalue weighted by Crippen LogP contribution is 2.12. The Hall–Kier alpha value is -1.03. The maximum atomic E-state index is 4.09. The van der Waals surface area contributed by atoms with Gasteiger partial charge < -0.3 is 4.90 Å². The summed E-state index contributed by atoms with van der Waals surface area (Å²) < 4.78 is 0. The van der Waals surface area contributed by atoms with Gasteiger partial charge in [0.2, 0.25) is 0 Å². The Kier molecular flexibility index (Phi) is 10.7. The van der Waals surface area contributed by atoms with Crippen LogP contribution in [0, 0.1) is 0 Å². The number of aromatic nitrogens is 2. The lowest BCUT2D eigenvalue weighted by molar-refractivity contribution is 0.910. The van der Waals surface area contributed by atoms with E-state index in [-0.39, 0.29) is 37.2 Å². The van der Waals surface area contributed by atoms with Crippen LogP contribution in [0.3, 0.4) is 0 Å². The lowest BCUT2D eigenvalue weighted by Crippen LogP contribution is -2.16. The second-order valence-electron chi connectivity index (χ2n) is 3.43. The summed E-state index contributed by atoms with van der Waals surface area (Å²) in [6, 6.07) is 8.00. The quantitative estimate of drug-likeness (QED) is 0.870. The van der Waals surface area contributed by atoms with Crippen molar-refractivity contribution in [3.05, 3.63) is 54.6 Å². The van der Waals surface area contributed by atoms with Gasteiger partial charge in [-0.1, -0.05) is 6.07 Å². The van der Waals surface area contributed by atoms with E-state index in [1.165, 1.54) is 5.56 Å². The van der Waals surface area contributed by atoms with Crippen LogP contribution in [0.1, 0.15) is 5.56 Å². The average molecular weight is 309 g/mol. The number of nitrogens with zero attached hydrogens (tertiary/aromatic N) is 3. The zero-order valence-electron chi connectivity index (χ0n) is 9.89. The van der Waals surface area contributed by atoms with E-state index in [9.17, 15) is 0 Å². The van der Waals surface area contributed by atoms with Crippen LogP contribution in [-0.2, 0) is 6.54 Å². The summed E-state index contributed by atoms with van der Waals surface area (Å²) in [5.74, 6) is 0. The number of hydrogen-bond donors (Lipinski definition) is 0. The molecule has 0 spiro atoms. The van der Waals surface area contributed by atoms with Gasteiger partial charge in [-0.15, -0.1) is 37.2 Å². The van der Waals surface area contributed by atoms with Crippen molar-refractivity contribution < 1.29 is 0 Å².